The monoisotopic (exact) mass is 484 g/mol. The van der Waals surface area contributed by atoms with Crippen LogP contribution in [-0.2, 0) is 22.6 Å². The summed E-state index contributed by atoms with van der Waals surface area (Å²) in [6.07, 6.45) is 0.683. The summed E-state index contributed by atoms with van der Waals surface area (Å²) in [6, 6.07) is 19.1. The molecular weight excluding hydrogens is 459 g/mol. The molecule has 2 N–H and O–H groups in total. The SMILES string of the molecule is CCCN(Cc1ccccc1)c1ccc(OCC(=O)O)cc1NC(=O)Cc1ccc(Cl)cc1F. The predicted octanol–water partition coefficient (Wildman–Crippen LogP) is 5.54. The van der Waals surface area contributed by atoms with Crippen LogP contribution in [0.1, 0.15) is 24.5 Å². The Hall–Kier alpha value is -3.58. The van der Waals surface area contributed by atoms with Crippen LogP contribution in [0.3, 0.4) is 0 Å². The van der Waals surface area contributed by atoms with E-state index in [-0.39, 0.29) is 17.0 Å². The molecule has 0 saturated heterocycles. The summed E-state index contributed by atoms with van der Waals surface area (Å²) in [7, 11) is 0. The third kappa shape index (κ3) is 7.22. The molecule has 0 heterocycles. The molecule has 0 spiro atoms. The van der Waals surface area contributed by atoms with Crippen molar-refractivity contribution >= 4 is 34.9 Å². The molecule has 3 aromatic rings. The van der Waals surface area contributed by atoms with Crippen molar-refractivity contribution in [3.05, 3.63) is 88.7 Å². The first-order valence-electron chi connectivity index (χ1n) is 10.9. The maximum Gasteiger partial charge on any atom is 0.341 e. The summed E-state index contributed by atoms with van der Waals surface area (Å²) in [6.45, 7) is 2.88. The lowest BCUT2D eigenvalue weighted by atomic mass is 10.1. The molecule has 0 unspecified atom stereocenters. The number of amides is 1. The lowest BCUT2D eigenvalue weighted by Gasteiger charge is -2.27. The normalized spacial score (nSPS) is 10.6. The minimum atomic E-state index is -1.11. The Morgan fingerprint density at radius 3 is 2.53 bits per heavy atom. The van der Waals surface area contributed by atoms with Gasteiger partial charge in [0.1, 0.15) is 11.6 Å². The summed E-state index contributed by atoms with van der Waals surface area (Å²) in [4.78, 5) is 25.9. The minimum Gasteiger partial charge on any atom is -0.482 e. The third-order valence-corrected chi connectivity index (χ3v) is 5.26. The lowest BCUT2D eigenvalue weighted by molar-refractivity contribution is -0.139. The van der Waals surface area contributed by atoms with E-state index in [9.17, 15) is 14.0 Å². The van der Waals surface area contributed by atoms with Crippen molar-refractivity contribution in [1.82, 2.24) is 0 Å². The third-order valence-electron chi connectivity index (χ3n) is 5.02. The van der Waals surface area contributed by atoms with Crippen LogP contribution in [-0.4, -0.2) is 30.1 Å². The van der Waals surface area contributed by atoms with E-state index in [2.05, 4.69) is 17.1 Å². The van der Waals surface area contributed by atoms with E-state index in [1.807, 2.05) is 30.3 Å². The Bertz CT molecular complexity index is 1140. The van der Waals surface area contributed by atoms with E-state index in [1.165, 1.54) is 18.2 Å². The molecule has 0 aliphatic heterocycles. The number of nitrogens with zero attached hydrogens (tertiary/aromatic N) is 1. The number of carbonyl (C=O) groups excluding carboxylic acids is 1. The summed E-state index contributed by atoms with van der Waals surface area (Å²) in [5.74, 6) is -1.79. The fraction of sp³-hybridized carbons (Fsp3) is 0.231. The van der Waals surface area contributed by atoms with Crippen molar-refractivity contribution in [2.24, 2.45) is 0 Å². The number of carboxylic acid groups (broad SMARTS) is 1. The molecule has 0 aliphatic carbocycles. The second-order valence-electron chi connectivity index (χ2n) is 7.73. The van der Waals surface area contributed by atoms with E-state index in [1.54, 1.807) is 18.2 Å². The standard InChI is InChI=1S/C26H26ClFN2O4/c1-2-12-30(16-18-6-4-3-5-7-18)24-11-10-21(34-17-26(32)33)15-23(24)29-25(31)13-19-8-9-20(27)14-22(19)28/h3-11,14-15H,2,12-13,16-17H2,1H3,(H,29,31)(H,32,33). The van der Waals surface area contributed by atoms with Crippen molar-refractivity contribution in [2.75, 3.05) is 23.4 Å². The van der Waals surface area contributed by atoms with Gasteiger partial charge in [0.15, 0.2) is 6.61 Å². The van der Waals surface area contributed by atoms with Crippen molar-refractivity contribution in [2.45, 2.75) is 26.3 Å². The zero-order valence-corrected chi connectivity index (χ0v) is 19.5. The van der Waals surface area contributed by atoms with Gasteiger partial charge in [0.2, 0.25) is 5.91 Å². The summed E-state index contributed by atoms with van der Waals surface area (Å²) < 4.78 is 19.5. The topological polar surface area (TPSA) is 78.9 Å². The molecule has 178 valence electrons. The Labute approximate surface area is 202 Å². The highest BCUT2D eigenvalue weighted by Gasteiger charge is 2.17. The van der Waals surface area contributed by atoms with E-state index in [0.717, 1.165) is 24.2 Å². The van der Waals surface area contributed by atoms with Gasteiger partial charge in [-0.05, 0) is 41.8 Å². The number of nitrogens with one attached hydrogen (secondary N) is 1. The Kier molecular flexibility index (Phi) is 8.87. The molecule has 0 aromatic heterocycles. The molecule has 8 heteroatoms. The predicted molar refractivity (Wildman–Crippen MR) is 131 cm³/mol. The maximum atomic E-state index is 14.2. The van der Waals surface area contributed by atoms with Crippen molar-refractivity contribution < 1.29 is 23.8 Å². The first-order chi connectivity index (χ1) is 16.4. The van der Waals surface area contributed by atoms with Gasteiger partial charge in [-0.3, -0.25) is 4.79 Å². The van der Waals surface area contributed by atoms with Gasteiger partial charge < -0.3 is 20.1 Å². The highest BCUT2D eigenvalue weighted by molar-refractivity contribution is 6.30. The summed E-state index contributed by atoms with van der Waals surface area (Å²) in [5, 5.41) is 12.0. The number of aliphatic carboxylic acids is 1. The summed E-state index contributed by atoms with van der Waals surface area (Å²) in [5.41, 5.74) is 2.52. The van der Waals surface area contributed by atoms with Gasteiger partial charge in [0.25, 0.3) is 0 Å². The van der Waals surface area contributed by atoms with E-state index in [0.29, 0.717) is 18.0 Å². The maximum absolute atomic E-state index is 14.2. The van der Waals surface area contributed by atoms with Gasteiger partial charge in [-0.15, -0.1) is 0 Å². The molecule has 3 aromatic carbocycles. The molecule has 0 fully saturated rings. The number of hydrogen-bond donors (Lipinski definition) is 2. The van der Waals surface area contributed by atoms with Gasteiger partial charge in [0, 0.05) is 24.2 Å². The first-order valence-corrected chi connectivity index (χ1v) is 11.2. The largest absolute Gasteiger partial charge is 0.482 e. The van der Waals surface area contributed by atoms with E-state index >= 15 is 0 Å². The second-order valence-corrected chi connectivity index (χ2v) is 8.17. The molecular formula is C26H26ClFN2O4. The Morgan fingerprint density at radius 1 is 1.09 bits per heavy atom. The Balaban J connectivity index is 1.89. The second kappa shape index (κ2) is 12.0. The molecule has 0 bridgehead atoms. The summed E-state index contributed by atoms with van der Waals surface area (Å²) >= 11 is 5.80. The smallest absolute Gasteiger partial charge is 0.341 e. The van der Waals surface area contributed by atoms with Crippen molar-refractivity contribution in [3.63, 3.8) is 0 Å². The fourth-order valence-corrected chi connectivity index (χ4v) is 3.68. The van der Waals surface area contributed by atoms with Crippen LogP contribution < -0.4 is 15.0 Å². The number of benzene rings is 3. The van der Waals surface area contributed by atoms with Crippen LogP contribution in [0.5, 0.6) is 5.75 Å². The number of carboxylic acids is 1. The van der Waals surface area contributed by atoms with Crippen LogP contribution in [0.2, 0.25) is 5.02 Å². The average molecular weight is 485 g/mol. The highest BCUT2D eigenvalue weighted by atomic mass is 35.5. The lowest BCUT2D eigenvalue weighted by Crippen LogP contribution is -2.26. The quantitative estimate of drug-likeness (QED) is 0.373. The molecule has 34 heavy (non-hydrogen) atoms. The molecule has 1 amide bonds. The van der Waals surface area contributed by atoms with Gasteiger partial charge >= 0.3 is 5.97 Å². The minimum absolute atomic E-state index is 0.185. The zero-order chi connectivity index (χ0) is 24.5. The van der Waals surface area contributed by atoms with Crippen LogP contribution >= 0.6 is 11.6 Å². The van der Waals surface area contributed by atoms with Crippen molar-refractivity contribution in [3.8, 4) is 5.75 Å². The molecule has 6 nitrogen and oxygen atoms in total. The van der Waals surface area contributed by atoms with Gasteiger partial charge in [-0.25, -0.2) is 9.18 Å². The molecule has 0 aliphatic rings. The fourth-order valence-electron chi connectivity index (χ4n) is 3.52. The molecule has 0 atom stereocenters. The number of halogens is 2. The van der Waals surface area contributed by atoms with Crippen molar-refractivity contribution in [1.29, 1.82) is 0 Å². The van der Waals surface area contributed by atoms with Gasteiger partial charge in [-0.2, -0.15) is 0 Å². The Morgan fingerprint density at radius 2 is 1.85 bits per heavy atom. The number of ether oxygens (including phenoxy) is 1. The zero-order valence-electron chi connectivity index (χ0n) is 18.8. The number of rotatable bonds is 11. The number of hydrogen-bond acceptors (Lipinski definition) is 4. The van der Waals surface area contributed by atoms with Crippen LogP contribution in [0.4, 0.5) is 15.8 Å². The molecule has 0 saturated carbocycles. The van der Waals surface area contributed by atoms with Crippen LogP contribution in [0.15, 0.2) is 66.7 Å². The van der Waals surface area contributed by atoms with E-state index < -0.39 is 24.3 Å². The highest BCUT2D eigenvalue weighted by Crippen LogP contribution is 2.32. The van der Waals surface area contributed by atoms with Crippen LogP contribution in [0, 0.1) is 5.82 Å². The van der Waals surface area contributed by atoms with Gasteiger partial charge in [0.05, 0.1) is 17.8 Å². The first kappa shape index (κ1) is 25.1. The van der Waals surface area contributed by atoms with Gasteiger partial charge in [-0.1, -0.05) is 54.9 Å². The number of carbonyl (C=O) groups is 2. The average Bonchev–Trinajstić information content (AvgIpc) is 2.80. The molecule has 3 rings (SSSR count). The number of anilines is 2. The van der Waals surface area contributed by atoms with Crippen LogP contribution in [0.25, 0.3) is 0 Å². The molecule has 0 radical (unpaired) electrons. The van der Waals surface area contributed by atoms with E-state index in [4.69, 9.17) is 21.4 Å².